The Kier molecular flexibility index (Phi) is 14.3. The standard InChI is InChI=1S/C8H16O2.C4H6O.C3H4O2/c9-6-8(7-10)4-2-1-3-5-8;1-3-5-4-2;1-2-3(4)5/h9-10H,1-7H2;3-4H,1-2H2;2H,1H2,(H,4,5). The van der Waals surface area contributed by atoms with E-state index < -0.39 is 5.97 Å². The van der Waals surface area contributed by atoms with Crippen LogP contribution in [0.25, 0.3) is 0 Å². The summed E-state index contributed by atoms with van der Waals surface area (Å²) in [5, 5.41) is 25.6. The van der Waals surface area contributed by atoms with Crippen LogP contribution in [0.4, 0.5) is 0 Å². The quantitative estimate of drug-likeness (QED) is 0.534. The molecule has 1 rings (SSSR count). The third kappa shape index (κ3) is 11.5. The summed E-state index contributed by atoms with van der Waals surface area (Å²) in [5.74, 6) is -0.981. The van der Waals surface area contributed by atoms with E-state index >= 15 is 0 Å². The molecule has 0 aromatic heterocycles. The Morgan fingerprint density at radius 3 is 1.60 bits per heavy atom. The van der Waals surface area contributed by atoms with Crippen LogP contribution in [0.5, 0.6) is 0 Å². The predicted octanol–water partition coefficient (Wildman–Crippen LogP) is 2.47. The number of hydrogen-bond donors (Lipinski definition) is 3. The lowest BCUT2D eigenvalue weighted by molar-refractivity contribution is -0.131. The SMILES string of the molecule is C=CC(=O)O.C=COC=C.OCC1(CO)CCCCC1. The first-order chi connectivity index (χ1) is 9.51. The summed E-state index contributed by atoms with van der Waals surface area (Å²) in [5.41, 5.74) is -0.127. The van der Waals surface area contributed by atoms with Gasteiger partial charge < -0.3 is 20.1 Å². The van der Waals surface area contributed by atoms with Crippen LogP contribution in [0.3, 0.4) is 0 Å². The van der Waals surface area contributed by atoms with Gasteiger partial charge >= 0.3 is 5.97 Å². The maximum Gasteiger partial charge on any atom is 0.327 e. The number of carbonyl (C=O) groups is 1. The molecular weight excluding hydrogens is 260 g/mol. The van der Waals surface area contributed by atoms with E-state index in [2.05, 4.69) is 24.5 Å². The van der Waals surface area contributed by atoms with Crippen LogP contribution in [0.1, 0.15) is 32.1 Å². The van der Waals surface area contributed by atoms with E-state index in [-0.39, 0.29) is 18.6 Å². The molecule has 5 nitrogen and oxygen atoms in total. The van der Waals surface area contributed by atoms with Gasteiger partial charge in [0, 0.05) is 11.5 Å². The number of hydrogen-bond acceptors (Lipinski definition) is 4. The molecule has 0 bridgehead atoms. The van der Waals surface area contributed by atoms with Crippen LogP contribution in [0.15, 0.2) is 38.3 Å². The maximum absolute atomic E-state index is 9.25. The first-order valence-corrected chi connectivity index (χ1v) is 6.46. The van der Waals surface area contributed by atoms with Gasteiger partial charge in [0.25, 0.3) is 0 Å². The van der Waals surface area contributed by atoms with E-state index in [0.717, 1.165) is 18.9 Å². The van der Waals surface area contributed by atoms with Gasteiger partial charge in [-0.05, 0) is 12.8 Å². The van der Waals surface area contributed by atoms with Gasteiger partial charge in [-0.2, -0.15) is 0 Å². The van der Waals surface area contributed by atoms with Gasteiger partial charge in [0.05, 0.1) is 25.7 Å². The topological polar surface area (TPSA) is 87.0 Å². The van der Waals surface area contributed by atoms with Crippen molar-refractivity contribution in [3.8, 4) is 0 Å². The molecule has 0 spiro atoms. The molecule has 5 heteroatoms. The van der Waals surface area contributed by atoms with Gasteiger partial charge in [-0.25, -0.2) is 4.79 Å². The number of carboxylic acids is 1. The van der Waals surface area contributed by atoms with Gasteiger partial charge in [0.1, 0.15) is 0 Å². The minimum absolute atomic E-state index is 0.127. The molecule has 20 heavy (non-hydrogen) atoms. The summed E-state index contributed by atoms with van der Waals surface area (Å²) in [6.07, 6.45) is 9.06. The predicted molar refractivity (Wildman–Crippen MR) is 79.0 cm³/mol. The summed E-state index contributed by atoms with van der Waals surface area (Å²) in [6.45, 7) is 9.79. The molecule has 0 unspecified atom stereocenters. The van der Waals surface area contributed by atoms with Crippen molar-refractivity contribution in [2.45, 2.75) is 32.1 Å². The number of ether oxygens (including phenoxy) is 1. The van der Waals surface area contributed by atoms with E-state index in [0.29, 0.717) is 0 Å². The summed E-state index contributed by atoms with van der Waals surface area (Å²) in [4.78, 5) is 9.25. The van der Waals surface area contributed by atoms with E-state index in [1.165, 1.54) is 31.8 Å². The lowest BCUT2D eigenvalue weighted by Gasteiger charge is -2.33. The van der Waals surface area contributed by atoms with Gasteiger partial charge in [-0.15, -0.1) is 0 Å². The van der Waals surface area contributed by atoms with E-state index in [9.17, 15) is 4.79 Å². The Bertz CT molecular complexity index is 268. The third-order valence-corrected chi connectivity index (χ3v) is 2.95. The minimum Gasteiger partial charge on any atom is -0.478 e. The van der Waals surface area contributed by atoms with Crippen LogP contribution >= 0.6 is 0 Å². The van der Waals surface area contributed by atoms with Crippen molar-refractivity contribution in [1.82, 2.24) is 0 Å². The first-order valence-electron chi connectivity index (χ1n) is 6.46. The second kappa shape index (κ2) is 13.8. The molecule has 0 atom stereocenters. The minimum atomic E-state index is -0.981. The second-order valence-corrected chi connectivity index (χ2v) is 4.39. The highest BCUT2D eigenvalue weighted by molar-refractivity contribution is 5.78. The fourth-order valence-electron chi connectivity index (χ4n) is 1.74. The summed E-state index contributed by atoms with van der Waals surface area (Å²) in [7, 11) is 0. The Labute approximate surface area is 120 Å². The van der Waals surface area contributed by atoms with E-state index in [4.69, 9.17) is 15.3 Å². The zero-order valence-electron chi connectivity index (χ0n) is 12.0. The van der Waals surface area contributed by atoms with Gasteiger partial charge in [-0.3, -0.25) is 0 Å². The molecule has 0 aromatic rings. The Morgan fingerprint density at radius 2 is 1.45 bits per heavy atom. The van der Waals surface area contributed by atoms with Gasteiger partial charge in [-0.1, -0.05) is 39.0 Å². The summed E-state index contributed by atoms with van der Waals surface area (Å²) in [6, 6.07) is 0. The van der Waals surface area contributed by atoms with E-state index in [1.807, 2.05) is 0 Å². The zero-order valence-corrected chi connectivity index (χ0v) is 12.0. The van der Waals surface area contributed by atoms with Crippen LogP contribution in [-0.2, 0) is 9.53 Å². The number of aliphatic carboxylic acids is 1. The molecule has 116 valence electrons. The van der Waals surface area contributed by atoms with Gasteiger partial charge in [0.2, 0.25) is 0 Å². The molecule has 1 fully saturated rings. The monoisotopic (exact) mass is 286 g/mol. The fraction of sp³-hybridized carbons (Fsp3) is 0.533. The molecule has 0 radical (unpaired) electrons. The number of rotatable bonds is 5. The lowest BCUT2D eigenvalue weighted by Crippen LogP contribution is -2.31. The van der Waals surface area contributed by atoms with Crippen LogP contribution < -0.4 is 0 Å². The summed E-state index contributed by atoms with van der Waals surface area (Å²) >= 11 is 0. The van der Waals surface area contributed by atoms with Gasteiger partial charge in [0.15, 0.2) is 0 Å². The van der Waals surface area contributed by atoms with Crippen molar-refractivity contribution in [1.29, 1.82) is 0 Å². The highest BCUT2D eigenvalue weighted by atomic mass is 16.5. The first kappa shape index (κ1) is 20.7. The smallest absolute Gasteiger partial charge is 0.327 e. The number of aliphatic hydroxyl groups is 2. The van der Waals surface area contributed by atoms with Crippen LogP contribution in [-0.4, -0.2) is 34.5 Å². The average molecular weight is 286 g/mol. The zero-order chi connectivity index (χ0) is 15.9. The molecule has 0 aliphatic heterocycles. The second-order valence-electron chi connectivity index (χ2n) is 4.39. The highest BCUT2D eigenvalue weighted by Gasteiger charge is 2.30. The van der Waals surface area contributed by atoms with Crippen molar-refractivity contribution < 1.29 is 24.9 Å². The van der Waals surface area contributed by atoms with Crippen molar-refractivity contribution in [2.75, 3.05) is 13.2 Å². The maximum atomic E-state index is 9.25. The van der Waals surface area contributed by atoms with Crippen molar-refractivity contribution in [3.05, 3.63) is 38.3 Å². The molecule has 0 heterocycles. The number of aliphatic hydroxyl groups excluding tert-OH is 2. The molecule has 1 aliphatic rings. The van der Waals surface area contributed by atoms with Crippen molar-refractivity contribution >= 4 is 5.97 Å². The summed E-state index contributed by atoms with van der Waals surface area (Å²) < 4.78 is 4.36. The molecule has 0 amide bonds. The van der Waals surface area contributed by atoms with Crippen molar-refractivity contribution in [2.24, 2.45) is 5.41 Å². The van der Waals surface area contributed by atoms with Crippen molar-refractivity contribution in [3.63, 3.8) is 0 Å². The van der Waals surface area contributed by atoms with Crippen LogP contribution in [0, 0.1) is 5.41 Å². The molecule has 1 aliphatic carbocycles. The molecule has 3 N–H and O–H groups in total. The third-order valence-electron chi connectivity index (χ3n) is 2.95. The highest BCUT2D eigenvalue weighted by Crippen LogP contribution is 2.34. The largest absolute Gasteiger partial charge is 0.478 e. The van der Waals surface area contributed by atoms with E-state index in [1.54, 1.807) is 0 Å². The Hall–Kier alpha value is -1.59. The fourth-order valence-corrected chi connectivity index (χ4v) is 1.74. The normalized spacial score (nSPS) is 15.3. The van der Waals surface area contributed by atoms with Crippen LogP contribution in [0.2, 0.25) is 0 Å². The molecule has 1 saturated carbocycles. The average Bonchev–Trinajstić information content (AvgIpc) is 2.50. The number of carboxylic acid groups (broad SMARTS) is 1. The lowest BCUT2D eigenvalue weighted by atomic mass is 9.75. The Balaban J connectivity index is 0. The molecule has 0 aromatic carbocycles. The molecule has 0 saturated heterocycles. The molecular formula is C15H26O5. The Morgan fingerprint density at radius 1 is 1.05 bits per heavy atom.